The number of nitrogens with zero attached hydrogens (tertiary/aromatic N) is 1. The number of para-hydroxylation sites is 1. The van der Waals surface area contributed by atoms with E-state index in [1.807, 2.05) is 55.1 Å². The number of amides is 1. The zero-order valence-electron chi connectivity index (χ0n) is 25.0. The van der Waals surface area contributed by atoms with Gasteiger partial charge in [0.15, 0.2) is 11.6 Å². The van der Waals surface area contributed by atoms with E-state index in [1.165, 1.54) is 0 Å². The van der Waals surface area contributed by atoms with Crippen molar-refractivity contribution in [3.63, 3.8) is 0 Å². The monoisotopic (exact) mass is 584 g/mol. The van der Waals surface area contributed by atoms with E-state index in [1.54, 1.807) is 62.8 Å². The highest BCUT2D eigenvalue weighted by Gasteiger charge is 2.70. The lowest BCUT2D eigenvalue weighted by Gasteiger charge is -2.39. The predicted molar refractivity (Wildman–Crippen MR) is 170 cm³/mol. The number of carbonyl (C=O) groups excluding carboxylic acids is 3. The lowest BCUT2D eigenvalue weighted by Crippen LogP contribution is -2.51. The summed E-state index contributed by atoms with van der Waals surface area (Å²) in [6.45, 7) is 4.06. The molecule has 0 saturated carbocycles. The Hall–Kier alpha value is -5.17. The Morgan fingerprint density at radius 2 is 1.55 bits per heavy atom. The van der Waals surface area contributed by atoms with E-state index in [0.717, 1.165) is 22.4 Å². The van der Waals surface area contributed by atoms with Crippen LogP contribution < -0.4 is 19.7 Å². The fourth-order valence-corrected chi connectivity index (χ4v) is 7.43. The van der Waals surface area contributed by atoms with Crippen LogP contribution in [0.1, 0.15) is 44.3 Å². The zero-order chi connectivity index (χ0) is 30.7. The van der Waals surface area contributed by atoms with Crippen LogP contribution in [0.15, 0.2) is 97.1 Å². The molecule has 4 aromatic carbocycles. The summed E-state index contributed by atoms with van der Waals surface area (Å²) in [6.07, 6.45) is 2.07. The van der Waals surface area contributed by atoms with Crippen LogP contribution in [0.4, 0.5) is 11.4 Å². The predicted octanol–water partition coefficient (Wildman–Crippen LogP) is 6.26. The minimum atomic E-state index is -1.38. The molecule has 220 valence electrons. The second-order valence-corrected chi connectivity index (χ2v) is 11.7. The molecule has 0 radical (unpaired) electrons. The molecule has 3 aliphatic rings. The van der Waals surface area contributed by atoms with E-state index in [4.69, 9.17) is 9.47 Å². The average Bonchev–Trinajstić information content (AvgIpc) is 3.52. The quantitative estimate of drug-likeness (QED) is 0.270. The summed E-state index contributed by atoms with van der Waals surface area (Å²) in [6, 6.07) is 25.9. The first-order chi connectivity index (χ1) is 21.3. The van der Waals surface area contributed by atoms with E-state index >= 15 is 0 Å². The lowest BCUT2D eigenvalue weighted by molar-refractivity contribution is -0.121. The maximum Gasteiger partial charge on any atom is 0.238 e. The summed E-state index contributed by atoms with van der Waals surface area (Å²) in [4.78, 5) is 46.5. The van der Waals surface area contributed by atoms with Crippen molar-refractivity contribution in [2.75, 3.05) is 24.4 Å². The summed E-state index contributed by atoms with van der Waals surface area (Å²) in [5.74, 6) is -0.742. The number of ether oxygens (including phenoxy) is 2. The number of rotatable bonds is 6. The van der Waals surface area contributed by atoms with Gasteiger partial charge < -0.3 is 19.7 Å². The number of fused-ring (bicyclic) bond motifs is 6. The molecular formula is C37H32N2O5. The van der Waals surface area contributed by atoms with Crippen molar-refractivity contribution in [1.82, 2.24) is 0 Å². The summed E-state index contributed by atoms with van der Waals surface area (Å²) in [5.41, 5.74) is 4.67. The van der Waals surface area contributed by atoms with Gasteiger partial charge in [0.25, 0.3) is 0 Å². The van der Waals surface area contributed by atoms with Crippen LogP contribution in [0.5, 0.6) is 11.5 Å². The number of carbonyl (C=O) groups is 3. The third kappa shape index (κ3) is 3.85. The molecule has 0 aromatic heterocycles. The summed E-state index contributed by atoms with van der Waals surface area (Å²) in [7, 11) is 3.12. The topological polar surface area (TPSA) is 84.9 Å². The average molecular weight is 585 g/mol. The van der Waals surface area contributed by atoms with Crippen molar-refractivity contribution in [3.8, 4) is 11.5 Å². The second kappa shape index (κ2) is 10.2. The van der Waals surface area contributed by atoms with Gasteiger partial charge >= 0.3 is 0 Å². The molecule has 0 bridgehead atoms. The third-order valence-corrected chi connectivity index (χ3v) is 9.41. The molecule has 7 heteroatoms. The molecule has 0 aliphatic carbocycles. The van der Waals surface area contributed by atoms with Gasteiger partial charge in [0.2, 0.25) is 5.91 Å². The van der Waals surface area contributed by atoms with Crippen LogP contribution in [0, 0.1) is 12.8 Å². The van der Waals surface area contributed by atoms with Crippen LogP contribution in [0.3, 0.4) is 0 Å². The molecule has 4 aromatic rings. The van der Waals surface area contributed by atoms with E-state index in [2.05, 4.69) is 17.5 Å². The Morgan fingerprint density at radius 3 is 2.30 bits per heavy atom. The van der Waals surface area contributed by atoms with Crippen molar-refractivity contribution >= 4 is 34.4 Å². The van der Waals surface area contributed by atoms with E-state index in [0.29, 0.717) is 33.9 Å². The van der Waals surface area contributed by atoms with Gasteiger partial charge in [-0.1, -0.05) is 48.0 Å². The van der Waals surface area contributed by atoms with Gasteiger partial charge in [0, 0.05) is 28.1 Å². The molecule has 1 saturated heterocycles. The first-order valence-corrected chi connectivity index (χ1v) is 14.6. The van der Waals surface area contributed by atoms with E-state index in [9.17, 15) is 14.4 Å². The van der Waals surface area contributed by atoms with Crippen molar-refractivity contribution in [2.45, 2.75) is 31.3 Å². The van der Waals surface area contributed by atoms with Crippen molar-refractivity contribution < 1.29 is 23.9 Å². The minimum absolute atomic E-state index is 0.255. The van der Waals surface area contributed by atoms with Crippen molar-refractivity contribution in [3.05, 3.63) is 125 Å². The molecule has 1 fully saturated rings. The number of nitrogens with one attached hydrogen (secondary N) is 1. The van der Waals surface area contributed by atoms with Crippen molar-refractivity contribution in [1.29, 1.82) is 0 Å². The molecule has 0 unspecified atom stereocenters. The number of benzene rings is 4. The molecule has 1 N–H and O–H groups in total. The molecule has 4 atom stereocenters. The van der Waals surface area contributed by atoms with Crippen LogP contribution in [-0.2, 0) is 10.2 Å². The molecule has 7 nitrogen and oxygen atoms in total. The number of hydrogen-bond acceptors (Lipinski definition) is 6. The number of hydrogen-bond donors (Lipinski definition) is 1. The maximum absolute atomic E-state index is 15.0. The Balaban J connectivity index is 1.54. The SMILES string of the molecule is COc1ccc(C(=O)[C@H]2[C@@H](C(=O)c3cccc(OC)c3)N3c4ccc(C)cc4C(C)=C[C@H]3[C@@]23C(=O)Nc2ccccc23)cc1. The second-order valence-electron chi connectivity index (χ2n) is 11.7. The summed E-state index contributed by atoms with van der Waals surface area (Å²) in [5, 5.41) is 3.08. The van der Waals surface area contributed by atoms with E-state index in [-0.39, 0.29) is 17.5 Å². The van der Waals surface area contributed by atoms with Gasteiger partial charge in [-0.3, -0.25) is 14.4 Å². The van der Waals surface area contributed by atoms with Gasteiger partial charge in [0.05, 0.1) is 26.2 Å². The number of aryl methyl sites for hydroxylation is 1. The number of Topliss-reactive ketones (excluding diaryl/α,β-unsaturated/α-hetero) is 2. The largest absolute Gasteiger partial charge is 0.497 e. The normalized spacial score (nSPS) is 22.9. The number of ketones is 2. The number of anilines is 2. The van der Waals surface area contributed by atoms with Crippen LogP contribution in [0.25, 0.3) is 5.57 Å². The van der Waals surface area contributed by atoms with Gasteiger partial charge in [-0.05, 0) is 79.6 Å². The summed E-state index contributed by atoms with van der Waals surface area (Å²) < 4.78 is 10.8. The highest BCUT2D eigenvalue weighted by Crippen LogP contribution is 2.59. The van der Waals surface area contributed by atoms with Gasteiger partial charge in [-0.2, -0.15) is 0 Å². The molecule has 44 heavy (non-hydrogen) atoms. The Labute approximate surface area is 256 Å². The maximum atomic E-state index is 15.0. The Bertz CT molecular complexity index is 1880. The highest BCUT2D eigenvalue weighted by atomic mass is 16.5. The fourth-order valence-electron chi connectivity index (χ4n) is 7.43. The lowest BCUT2D eigenvalue weighted by atomic mass is 9.64. The first-order valence-electron chi connectivity index (χ1n) is 14.6. The zero-order valence-corrected chi connectivity index (χ0v) is 25.0. The molecule has 1 spiro atoms. The highest BCUT2D eigenvalue weighted by molar-refractivity contribution is 6.18. The van der Waals surface area contributed by atoms with E-state index < -0.39 is 23.4 Å². The number of allylic oxidation sites excluding steroid dienone is 1. The molecule has 3 aliphatic heterocycles. The standard InChI is InChI=1S/C37H32N2O5/c1-21-12-17-30-27(18-21)22(2)19-31-37(28-10-5-6-11-29(28)38-36(37)42)32(34(40)23-13-15-25(43-3)16-14-23)33(39(30)31)35(41)24-8-7-9-26(20-24)44-4/h5-20,31-33H,1-4H3,(H,38,42)/t31-,32+,33-,37+/m0/s1. The van der Waals surface area contributed by atoms with Crippen molar-refractivity contribution in [2.24, 2.45) is 5.92 Å². The molecule has 7 rings (SSSR count). The number of methoxy groups -OCH3 is 2. The first kappa shape index (κ1) is 27.7. The van der Waals surface area contributed by atoms with Gasteiger partial charge in [0.1, 0.15) is 23.0 Å². The fraction of sp³-hybridized carbons (Fsp3) is 0.216. The minimum Gasteiger partial charge on any atom is -0.497 e. The Kier molecular flexibility index (Phi) is 6.43. The molecule has 1 amide bonds. The third-order valence-electron chi connectivity index (χ3n) is 9.41. The van der Waals surface area contributed by atoms with Crippen LogP contribution >= 0.6 is 0 Å². The molecular weight excluding hydrogens is 552 g/mol. The van der Waals surface area contributed by atoms with Gasteiger partial charge in [-0.25, -0.2) is 0 Å². The molecule has 3 heterocycles. The van der Waals surface area contributed by atoms with Crippen LogP contribution in [-0.4, -0.2) is 43.8 Å². The van der Waals surface area contributed by atoms with Crippen LogP contribution in [0.2, 0.25) is 0 Å². The Morgan fingerprint density at radius 1 is 0.795 bits per heavy atom. The summed E-state index contributed by atoms with van der Waals surface area (Å²) >= 11 is 0. The smallest absolute Gasteiger partial charge is 0.238 e. The van der Waals surface area contributed by atoms with Gasteiger partial charge in [-0.15, -0.1) is 0 Å².